The number of halogens is 2. The molecule has 0 bridgehead atoms. The van der Waals surface area contributed by atoms with Crippen LogP contribution in [0.5, 0.6) is 0 Å². The second kappa shape index (κ2) is 5.70. The smallest absolute Gasteiger partial charge is 0.229 e. The van der Waals surface area contributed by atoms with Crippen LogP contribution in [0.2, 0.25) is 0 Å². The second-order valence-electron chi connectivity index (χ2n) is 7.03. The summed E-state index contributed by atoms with van der Waals surface area (Å²) < 4.78 is 32.6. The first-order chi connectivity index (χ1) is 13.0. The number of rotatable bonds is 3. The standard InChI is InChI=1S/C20H16F2N4O/c1-9-5-10(2)25-20-16(9)17-18(27-20)19(24-8-23-17)26-15-7-12(15)11-3-4-13(21)14(22)6-11/h3-6,8,12,15H,7H2,1-2H3,(H,23,24,26). The molecule has 136 valence electrons. The molecule has 1 aliphatic rings. The van der Waals surface area contributed by atoms with E-state index in [1.807, 2.05) is 19.9 Å². The van der Waals surface area contributed by atoms with Gasteiger partial charge in [-0.15, -0.1) is 0 Å². The van der Waals surface area contributed by atoms with Gasteiger partial charge in [0.25, 0.3) is 0 Å². The highest BCUT2D eigenvalue weighted by molar-refractivity contribution is 6.06. The lowest BCUT2D eigenvalue weighted by Gasteiger charge is -2.05. The van der Waals surface area contributed by atoms with Gasteiger partial charge < -0.3 is 9.73 Å². The monoisotopic (exact) mass is 366 g/mol. The predicted octanol–water partition coefficient (Wildman–Crippen LogP) is 4.63. The molecular formula is C20H16F2N4O. The molecule has 5 nitrogen and oxygen atoms in total. The molecule has 1 N–H and O–H groups in total. The van der Waals surface area contributed by atoms with Crippen molar-refractivity contribution >= 4 is 28.0 Å². The summed E-state index contributed by atoms with van der Waals surface area (Å²) in [6.45, 7) is 3.92. The second-order valence-corrected chi connectivity index (χ2v) is 7.03. The van der Waals surface area contributed by atoms with Crippen molar-refractivity contribution in [3.05, 3.63) is 59.0 Å². The van der Waals surface area contributed by atoms with Crippen LogP contribution >= 0.6 is 0 Å². The summed E-state index contributed by atoms with van der Waals surface area (Å²) in [5.41, 5.74) is 4.52. The van der Waals surface area contributed by atoms with Crippen LogP contribution in [0.25, 0.3) is 22.2 Å². The van der Waals surface area contributed by atoms with Gasteiger partial charge in [0, 0.05) is 17.7 Å². The molecule has 5 rings (SSSR count). The zero-order valence-electron chi connectivity index (χ0n) is 14.8. The molecule has 1 aliphatic carbocycles. The van der Waals surface area contributed by atoms with Crippen LogP contribution in [0.1, 0.15) is 29.2 Å². The van der Waals surface area contributed by atoms with Gasteiger partial charge in [0.15, 0.2) is 23.0 Å². The number of aromatic nitrogens is 3. The number of hydrogen-bond acceptors (Lipinski definition) is 5. The van der Waals surface area contributed by atoms with Crippen LogP contribution in [0.3, 0.4) is 0 Å². The summed E-state index contributed by atoms with van der Waals surface area (Å²) in [6.07, 6.45) is 2.31. The summed E-state index contributed by atoms with van der Waals surface area (Å²) >= 11 is 0. The largest absolute Gasteiger partial charge is 0.432 e. The summed E-state index contributed by atoms with van der Waals surface area (Å²) in [6, 6.07) is 6.12. The van der Waals surface area contributed by atoms with E-state index in [2.05, 4.69) is 20.3 Å². The van der Waals surface area contributed by atoms with E-state index in [4.69, 9.17) is 4.42 Å². The first-order valence-corrected chi connectivity index (χ1v) is 8.74. The summed E-state index contributed by atoms with van der Waals surface area (Å²) in [5.74, 6) is -0.958. The average Bonchev–Trinajstić information content (AvgIpc) is 3.27. The third-order valence-corrected chi connectivity index (χ3v) is 5.04. The van der Waals surface area contributed by atoms with E-state index < -0.39 is 11.6 Å². The summed E-state index contributed by atoms with van der Waals surface area (Å²) in [4.78, 5) is 13.1. The molecule has 1 aromatic carbocycles. The van der Waals surface area contributed by atoms with Crippen molar-refractivity contribution in [1.29, 1.82) is 0 Å². The van der Waals surface area contributed by atoms with Gasteiger partial charge in [-0.05, 0) is 49.6 Å². The molecule has 0 amide bonds. The van der Waals surface area contributed by atoms with Crippen molar-refractivity contribution in [3.63, 3.8) is 0 Å². The van der Waals surface area contributed by atoms with Crippen LogP contribution in [0.15, 0.2) is 35.0 Å². The Hall–Kier alpha value is -3.09. The SMILES string of the molecule is Cc1cc(C)c2c(n1)oc1c(NC3CC3c3ccc(F)c(F)c3)ncnc12. The number of pyridine rings is 1. The van der Waals surface area contributed by atoms with E-state index in [9.17, 15) is 8.78 Å². The first-order valence-electron chi connectivity index (χ1n) is 8.74. The van der Waals surface area contributed by atoms with E-state index in [-0.39, 0.29) is 12.0 Å². The lowest BCUT2D eigenvalue weighted by Crippen LogP contribution is -2.06. The van der Waals surface area contributed by atoms with Gasteiger partial charge >= 0.3 is 0 Å². The Bertz CT molecular complexity index is 1200. The number of furan rings is 1. The minimum atomic E-state index is -0.832. The van der Waals surface area contributed by atoms with E-state index in [0.29, 0.717) is 17.1 Å². The Morgan fingerprint density at radius 3 is 2.78 bits per heavy atom. The van der Waals surface area contributed by atoms with Crippen LogP contribution < -0.4 is 5.32 Å². The van der Waals surface area contributed by atoms with Crippen LogP contribution in [0.4, 0.5) is 14.6 Å². The highest BCUT2D eigenvalue weighted by Crippen LogP contribution is 2.44. The lowest BCUT2D eigenvalue weighted by molar-refractivity contribution is 0.507. The maximum atomic E-state index is 13.5. The molecule has 3 aromatic heterocycles. The molecule has 2 atom stereocenters. The normalized spacial score (nSPS) is 19.0. The van der Waals surface area contributed by atoms with Gasteiger partial charge in [-0.25, -0.2) is 23.7 Å². The summed E-state index contributed by atoms with van der Waals surface area (Å²) in [7, 11) is 0. The molecular weight excluding hydrogens is 350 g/mol. The molecule has 1 saturated carbocycles. The molecule has 0 spiro atoms. The van der Waals surface area contributed by atoms with E-state index in [0.717, 1.165) is 34.1 Å². The zero-order chi connectivity index (χ0) is 18.7. The molecule has 3 heterocycles. The molecule has 4 aromatic rings. The number of benzene rings is 1. The Labute approximate surface area is 153 Å². The predicted molar refractivity (Wildman–Crippen MR) is 97.7 cm³/mol. The average molecular weight is 366 g/mol. The Kier molecular flexibility index (Phi) is 3.40. The van der Waals surface area contributed by atoms with Crippen molar-refractivity contribution in [2.24, 2.45) is 0 Å². The number of hydrogen-bond donors (Lipinski definition) is 1. The highest BCUT2D eigenvalue weighted by Gasteiger charge is 2.39. The third-order valence-electron chi connectivity index (χ3n) is 5.04. The Morgan fingerprint density at radius 1 is 1.11 bits per heavy atom. The van der Waals surface area contributed by atoms with Gasteiger partial charge in [0.1, 0.15) is 11.8 Å². The fraction of sp³-hybridized carbons (Fsp3) is 0.250. The highest BCUT2D eigenvalue weighted by atomic mass is 19.2. The number of aryl methyl sites for hydroxylation is 2. The molecule has 7 heteroatoms. The topological polar surface area (TPSA) is 63.8 Å². The van der Waals surface area contributed by atoms with Crippen LogP contribution in [-0.2, 0) is 0 Å². The minimum absolute atomic E-state index is 0.0805. The number of nitrogens with zero attached hydrogens (tertiary/aromatic N) is 3. The van der Waals surface area contributed by atoms with Gasteiger partial charge in [-0.3, -0.25) is 0 Å². The van der Waals surface area contributed by atoms with Crippen LogP contribution in [-0.4, -0.2) is 21.0 Å². The van der Waals surface area contributed by atoms with E-state index >= 15 is 0 Å². The van der Waals surface area contributed by atoms with Gasteiger partial charge in [0.05, 0.1) is 5.39 Å². The quantitative estimate of drug-likeness (QED) is 0.572. The number of fused-ring (bicyclic) bond motifs is 3. The van der Waals surface area contributed by atoms with Crippen molar-refractivity contribution in [3.8, 4) is 0 Å². The van der Waals surface area contributed by atoms with Crippen molar-refractivity contribution in [2.45, 2.75) is 32.2 Å². The maximum Gasteiger partial charge on any atom is 0.229 e. The van der Waals surface area contributed by atoms with E-state index in [1.165, 1.54) is 18.5 Å². The van der Waals surface area contributed by atoms with Crippen molar-refractivity contribution in [1.82, 2.24) is 15.0 Å². The molecule has 2 unspecified atom stereocenters. The summed E-state index contributed by atoms with van der Waals surface area (Å²) in [5, 5.41) is 4.23. The number of nitrogens with one attached hydrogen (secondary N) is 1. The molecule has 0 saturated heterocycles. The first kappa shape index (κ1) is 16.1. The minimum Gasteiger partial charge on any atom is -0.432 e. The molecule has 1 fully saturated rings. The lowest BCUT2D eigenvalue weighted by atomic mass is 10.1. The van der Waals surface area contributed by atoms with Gasteiger partial charge in [-0.1, -0.05) is 6.07 Å². The fourth-order valence-corrected chi connectivity index (χ4v) is 3.65. The number of anilines is 1. The molecule has 27 heavy (non-hydrogen) atoms. The van der Waals surface area contributed by atoms with Gasteiger partial charge in [-0.2, -0.15) is 0 Å². The third kappa shape index (κ3) is 2.61. The zero-order valence-corrected chi connectivity index (χ0v) is 14.8. The van der Waals surface area contributed by atoms with Gasteiger partial charge in [0.2, 0.25) is 5.71 Å². The fourth-order valence-electron chi connectivity index (χ4n) is 3.65. The Balaban J connectivity index is 1.49. The van der Waals surface area contributed by atoms with Crippen LogP contribution in [0, 0.1) is 25.5 Å². The maximum absolute atomic E-state index is 13.5. The Morgan fingerprint density at radius 2 is 1.96 bits per heavy atom. The molecule has 0 aliphatic heterocycles. The molecule has 0 radical (unpaired) electrons. The van der Waals surface area contributed by atoms with E-state index in [1.54, 1.807) is 6.07 Å². The van der Waals surface area contributed by atoms with Crippen molar-refractivity contribution in [2.75, 3.05) is 5.32 Å². The van der Waals surface area contributed by atoms with Crippen molar-refractivity contribution < 1.29 is 13.2 Å².